The van der Waals surface area contributed by atoms with Crippen LogP contribution in [0.3, 0.4) is 0 Å². The van der Waals surface area contributed by atoms with Crippen LogP contribution in [0.25, 0.3) is 0 Å². The standard InChI is InChI=1S/C14H15IO5S/c1-11-7-9-12(10-8-11)21(17,18)20-15(16)13-5-3-4-6-14(13)19-2/h3-10,16H,1-2H3. The number of benzene rings is 2. The molecule has 114 valence electrons. The van der Waals surface area contributed by atoms with E-state index < -0.39 is 30.8 Å². The molecule has 0 fully saturated rings. The van der Waals surface area contributed by atoms with Gasteiger partial charge in [-0.05, 0) is 0 Å². The van der Waals surface area contributed by atoms with E-state index in [1.54, 1.807) is 36.4 Å². The molecule has 0 heterocycles. The number of ether oxygens (including phenoxy) is 1. The van der Waals surface area contributed by atoms with Gasteiger partial charge in [0.1, 0.15) is 0 Å². The molecule has 0 aliphatic rings. The molecular weight excluding hydrogens is 407 g/mol. The molecular formula is C14H15IO5S. The van der Waals surface area contributed by atoms with E-state index in [1.807, 2.05) is 6.92 Å². The van der Waals surface area contributed by atoms with Crippen LogP contribution in [0.15, 0.2) is 53.4 Å². The summed E-state index contributed by atoms with van der Waals surface area (Å²) in [5.74, 6) is 0.421. The Bertz CT molecular complexity index is 712. The van der Waals surface area contributed by atoms with Gasteiger partial charge in [0, 0.05) is 0 Å². The second kappa shape index (κ2) is 6.73. The molecule has 0 unspecified atom stereocenters. The fraction of sp³-hybridized carbons (Fsp3) is 0.143. The number of hydrogen-bond donors (Lipinski definition) is 1. The molecule has 0 radical (unpaired) electrons. The fourth-order valence-electron chi connectivity index (χ4n) is 1.60. The van der Waals surface area contributed by atoms with Crippen molar-refractivity contribution in [2.45, 2.75) is 11.8 Å². The molecule has 0 saturated heterocycles. The number of aryl methyl sites for hydroxylation is 1. The summed E-state index contributed by atoms with van der Waals surface area (Å²) in [6, 6.07) is 13.0. The quantitative estimate of drug-likeness (QED) is 0.751. The van der Waals surface area contributed by atoms with E-state index in [0.717, 1.165) is 5.56 Å². The Balaban J connectivity index is 2.25. The summed E-state index contributed by atoms with van der Waals surface area (Å²) in [6.07, 6.45) is 0. The third-order valence-electron chi connectivity index (χ3n) is 2.68. The molecule has 5 nitrogen and oxygen atoms in total. The van der Waals surface area contributed by atoms with Crippen molar-refractivity contribution in [3.8, 4) is 5.75 Å². The van der Waals surface area contributed by atoms with Gasteiger partial charge in [-0.3, -0.25) is 0 Å². The molecule has 0 atom stereocenters. The van der Waals surface area contributed by atoms with Crippen molar-refractivity contribution in [2.24, 2.45) is 0 Å². The van der Waals surface area contributed by atoms with Gasteiger partial charge in [-0.2, -0.15) is 0 Å². The zero-order valence-corrected chi connectivity index (χ0v) is 14.5. The maximum atomic E-state index is 12.1. The minimum atomic E-state index is -3.99. The monoisotopic (exact) mass is 422 g/mol. The fourth-order valence-corrected chi connectivity index (χ4v) is 6.28. The molecule has 7 heteroatoms. The van der Waals surface area contributed by atoms with E-state index in [0.29, 0.717) is 9.32 Å². The van der Waals surface area contributed by atoms with Crippen molar-refractivity contribution in [3.63, 3.8) is 0 Å². The predicted molar refractivity (Wildman–Crippen MR) is 87.4 cm³/mol. The van der Waals surface area contributed by atoms with Crippen LogP contribution in [0.5, 0.6) is 5.75 Å². The van der Waals surface area contributed by atoms with Gasteiger partial charge in [0.15, 0.2) is 0 Å². The Kier molecular flexibility index (Phi) is 5.20. The van der Waals surface area contributed by atoms with Crippen molar-refractivity contribution in [1.82, 2.24) is 0 Å². The molecule has 1 N–H and O–H groups in total. The molecule has 0 spiro atoms. The first-order valence-corrected chi connectivity index (χ1v) is 10.3. The topological polar surface area (TPSA) is 72.8 Å². The van der Waals surface area contributed by atoms with E-state index in [4.69, 9.17) is 7.25 Å². The normalized spacial score (nSPS) is 12.0. The van der Waals surface area contributed by atoms with Crippen molar-refractivity contribution < 1.29 is 19.1 Å². The van der Waals surface area contributed by atoms with E-state index in [1.165, 1.54) is 19.2 Å². The summed E-state index contributed by atoms with van der Waals surface area (Å²) in [5.41, 5.74) is 0.943. The first-order chi connectivity index (χ1) is 9.94. The Morgan fingerprint density at radius 3 is 2.29 bits per heavy atom. The molecule has 0 aliphatic carbocycles. The first kappa shape index (κ1) is 16.2. The molecule has 21 heavy (non-hydrogen) atoms. The zero-order chi connectivity index (χ0) is 15.5. The third kappa shape index (κ3) is 3.94. The summed E-state index contributed by atoms with van der Waals surface area (Å²) in [7, 11) is -2.53. The summed E-state index contributed by atoms with van der Waals surface area (Å²) < 4.78 is 45.0. The summed E-state index contributed by atoms with van der Waals surface area (Å²) in [5, 5.41) is 0. The maximum absolute atomic E-state index is 12.1. The molecule has 0 saturated carbocycles. The average Bonchev–Trinajstić information content (AvgIpc) is 2.47. The van der Waals surface area contributed by atoms with E-state index >= 15 is 0 Å². The molecule has 0 aromatic heterocycles. The molecule has 0 amide bonds. The van der Waals surface area contributed by atoms with Gasteiger partial charge >= 0.3 is 132 Å². The van der Waals surface area contributed by atoms with E-state index in [-0.39, 0.29) is 4.90 Å². The van der Waals surface area contributed by atoms with Crippen LogP contribution >= 0.6 is 20.6 Å². The second-order valence-corrected chi connectivity index (χ2v) is 9.26. The van der Waals surface area contributed by atoms with Crippen LogP contribution in [-0.2, 0) is 12.6 Å². The first-order valence-electron chi connectivity index (χ1n) is 5.98. The van der Waals surface area contributed by atoms with Gasteiger partial charge in [0.05, 0.1) is 0 Å². The minimum absolute atomic E-state index is 0.0272. The molecule has 2 aromatic carbocycles. The predicted octanol–water partition coefficient (Wildman–Crippen LogP) is 2.91. The van der Waals surface area contributed by atoms with Crippen LogP contribution in [0, 0.1) is 10.5 Å². The van der Waals surface area contributed by atoms with Crippen LogP contribution < -0.4 is 4.74 Å². The summed E-state index contributed by atoms with van der Waals surface area (Å²) in [6.45, 7) is 1.86. The number of rotatable bonds is 5. The van der Waals surface area contributed by atoms with Gasteiger partial charge in [0.2, 0.25) is 0 Å². The van der Waals surface area contributed by atoms with Crippen molar-refractivity contribution >= 4 is 30.8 Å². The molecule has 0 aliphatic heterocycles. The summed E-state index contributed by atoms with van der Waals surface area (Å²) in [4.78, 5) is 0.0272. The van der Waals surface area contributed by atoms with Crippen molar-refractivity contribution in [3.05, 3.63) is 57.7 Å². The van der Waals surface area contributed by atoms with Gasteiger partial charge in [0.25, 0.3) is 0 Å². The van der Waals surface area contributed by atoms with Crippen LogP contribution in [-0.4, -0.2) is 19.0 Å². The van der Waals surface area contributed by atoms with Crippen molar-refractivity contribution in [2.75, 3.05) is 7.11 Å². The van der Waals surface area contributed by atoms with Gasteiger partial charge < -0.3 is 0 Å². The zero-order valence-electron chi connectivity index (χ0n) is 11.5. The van der Waals surface area contributed by atoms with Crippen LogP contribution in [0.2, 0.25) is 0 Å². The summed E-state index contributed by atoms with van der Waals surface area (Å²) >= 11 is -3.33. The third-order valence-corrected chi connectivity index (χ3v) is 8.15. The Morgan fingerprint density at radius 2 is 1.67 bits per heavy atom. The number of methoxy groups -OCH3 is 1. The van der Waals surface area contributed by atoms with E-state index in [9.17, 15) is 11.9 Å². The number of para-hydroxylation sites is 1. The average molecular weight is 422 g/mol. The molecule has 2 aromatic rings. The number of hydrogen-bond acceptors (Lipinski definition) is 5. The van der Waals surface area contributed by atoms with Gasteiger partial charge in [-0.1, -0.05) is 0 Å². The molecule has 2 rings (SSSR count). The van der Waals surface area contributed by atoms with Crippen molar-refractivity contribution in [1.29, 1.82) is 0 Å². The van der Waals surface area contributed by atoms with Crippen LogP contribution in [0.4, 0.5) is 0 Å². The molecule has 0 bridgehead atoms. The Hall–Kier alpha value is -1.16. The van der Waals surface area contributed by atoms with E-state index in [2.05, 4.69) is 0 Å². The second-order valence-electron chi connectivity index (χ2n) is 4.20. The Morgan fingerprint density at radius 1 is 1.05 bits per heavy atom. The Labute approximate surface area is 132 Å². The van der Waals surface area contributed by atoms with Gasteiger partial charge in [-0.25, -0.2) is 0 Å². The SMILES string of the molecule is COc1ccccc1I(O)OS(=O)(=O)c1ccc(C)cc1. The number of halogens is 1. The van der Waals surface area contributed by atoms with Gasteiger partial charge in [-0.15, -0.1) is 0 Å². The van der Waals surface area contributed by atoms with Crippen LogP contribution in [0.1, 0.15) is 5.56 Å².